The van der Waals surface area contributed by atoms with Crippen molar-refractivity contribution >= 4 is 72.7 Å². The van der Waals surface area contributed by atoms with Crippen molar-refractivity contribution in [3.8, 4) is 0 Å². The molecule has 7 aromatic carbocycles. The molecule has 0 spiro atoms. The third kappa shape index (κ3) is 3.14. The Bertz CT molecular complexity index is 2120. The van der Waals surface area contributed by atoms with Crippen molar-refractivity contribution in [3.63, 3.8) is 0 Å². The van der Waals surface area contributed by atoms with Crippen LogP contribution in [-0.2, 0) is 0 Å². The molecule has 0 bridgehead atoms. The first-order chi connectivity index (χ1) is 20.4. The zero-order chi connectivity index (χ0) is 26.9. The van der Waals surface area contributed by atoms with Crippen LogP contribution in [0, 0.1) is 0 Å². The zero-order valence-corrected chi connectivity index (χ0v) is 22.3. The standard InChI is InChI=1S/C38H25N3/c1-3-15-29(16-4-1)39-32-20-11-21-33-38(32)41(37-31-19-10-9-12-26(31)22-23-34(37)39)36-25-28-14-8-7-13-27(28)24-35(36)40(33)30-17-5-2-6-18-30/h1-25H. The molecule has 2 heterocycles. The molecule has 0 aliphatic carbocycles. The summed E-state index contributed by atoms with van der Waals surface area (Å²) in [6.07, 6.45) is 0. The van der Waals surface area contributed by atoms with Crippen molar-refractivity contribution in [1.29, 1.82) is 0 Å². The molecule has 0 aromatic heterocycles. The molecule has 9 rings (SSSR count). The van der Waals surface area contributed by atoms with Gasteiger partial charge in [0.05, 0.1) is 39.8 Å². The van der Waals surface area contributed by atoms with Crippen LogP contribution in [-0.4, -0.2) is 0 Å². The van der Waals surface area contributed by atoms with Gasteiger partial charge in [0, 0.05) is 16.8 Å². The van der Waals surface area contributed by atoms with E-state index in [1.165, 1.54) is 50.0 Å². The van der Waals surface area contributed by atoms with E-state index < -0.39 is 0 Å². The van der Waals surface area contributed by atoms with E-state index in [-0.39, 0.29) is 0 Å². The smallest absolute Gasteiger partial charge is 0.0948 e. The fourth-order valence-electron chi connectivity index (χ4n) is 6.67. The van der Waals surface area contributed by atoms with Crippen molar-refractivity contribution in [3.05, 3.63) is 152 Å². The molecule has 41 heavy (non-hydrogen) atoms. The molecular formula is C38H25N3. The quantitative estimate of drug-likeness (QED) is 0.223. The molecule has 192 valence electrons. The zero-order valence-electron chi connectivity index (χ0n) is 22.3. The molecule has 2 aliphatic heterocycles. The van der Waals surface area contributed by atoms with Crippen molar-refractivity contribution in [1.82, 2.24) is 0 Å². The maximum atomic E-state index is 2.52. The summed E-state index contributed by atoms with van der Waals surface area (Å²) in [5, 5.41) is 4.92. The molecule has 2 aliphatic rings. The highest BCUT2D eigenvalue weighted by Gasteiger charge is 2.40. The number of nitrogens with zero attached hydrogens (tertiary/aromatic N) is 3. The minimum absolute atomic E-state index is 1.15. The Balaban J connectivity index is 1.46. The van der Waals surface area contributed by atoms with Crippen LogP contribution in [0.4, 0.5) is 51.2 Å². The fraction of sp³-hybridized carbons (Fsp3) is 0. The third-order valence-corrected chi connectivity index (χ3v) is 8.40. The molecule has 0 N–H and O–H groups in total. The number of anilines is 9. The lowest BCUT2D eigenvalue weighted by Crippen LogP contribution is -2.30. The molecule has 3 nitrogen and oxygen atoms in total. The summed E-state index contributed by atoms with van der Waals surface area (Å²) in [7, 11) is 0. The highest BCUT2D eigenvalue weighted by atomic mass is 15.3. The van der Waals surface area contributed by atoms with Crippen LogP contribution in [0.15, 0.2) is 152 Å². The monoisotopic (exact) mass is 523 g/mol. The van der Waals surface area contributed by atoms with Crippen LogP contribution in [0.25, 0.3) is 21.5 Å². The molecule has 0 radical (unpaired) electrons. The van der Waals surface area contributed by atoms with Crippen LogP contribution in [0.5, 0.6) is 0 Å². The number of benzene rings is 7. The second-order valence-corrected chi connectivity index (χ2v) is 10.7. The van der Waals surface area contributed by atoms with Crippen LogP contribution in [0.3, 0.4) is 0 Å². The summed E-state index contributed by atoms with van der Waals surface area (Å²) in [6.45, 7) is 0. The van der Waals surface area contributed by atoms with Crippen LogP contribution < -0.4 is 14.7 Å². The average molecular weight is 524 g/mol. The van der Waals surface area contributed by atoms with Gasteiger partial charge in [0.1, 0.15) is 0 Å². The maximum absolute atomic E-state index is 2.52. The normalized spacial score (nSPS) is 13.2. The van der Waals surface area contributed by atoms with Gasteiger partial charge in [-0.05, 0) is 70.8 Å². The van der Waals surface area contributed by atoms with Gasteiger partial charge in [-0.25, -0.2) is 0 Å². The van der Waals surface area contributed by atoms with Crippen molar-refractivity contribution < 1.29 is 0 Å². The Hall–Kier alpha value is -5.54. The summed E-state index contributed by atoms with van der Waals surface area (Å²) in [5.41, 5.74) is 10.5. The SMILES string of the molecule is c1ccc(N2c3cc4ccccc4cc3N3c4c2cccc4N(c2ccccc2)c2ccc4ccccc4c23)cc1. The summed E-state index contributed by atoms with van der Waals surface area (Å²) in [5.74, 6) is 0. The molecule has 0 atom stereocenters. The lowest BCUT2D eigenvalue weighted by molar-refractivity contribution is 1.13. The Morgan fingerprint density at radius 3 is 1.41 bits per heavy atom. The van der Waals surface area contributed by atoms with Gasteiger partial charge in [0.15, 0.2) is 0 Å². The molecular weight excluding hydrogens is 498 g/mol. The minimum Gasteiger partial charge on any atom is -0.306 e. The Morgan fingerprint density at radius 2 is 0.780 bits per heavy atom. The highest BCUT2D eigenvalue weighted by Crippen LogP contribution is 2.64. The second kappa shape index (κ2) is 8.48. The fourth-order valence-corrected chi connectivity index (χ4v) is 6.67. The lowest BCUT2D eigenvalue weighted by atomic mass is 9.95. The second-order valence-electron chi connectivity index (χ2n) is 10.7. The number of hydrogen-bond acceptors (Lipinski definition) is 3. The third-order valence-electron chi connectivity index (χ3n) is 8.40. The van der Waals surface area contributed by atoms with Gasteiger partial charge in [-0.15, -0.1) is 0 Å². The van der Waals surface area contributed by atoms with E-state index in [1.54, 1.807) is 0 Å². The molecule has 0 unspecified atom stereocenters. The van der Waals surface area contributed by atoms with Gasteiger partial charge in [0.25, 0.3) is 0 Å². The van der Waals surface area contributed by atoms with E-state index in [0.29, 0.717) is 0 Å². The van der Waals surface area contributed by atoms with E-state index in [1.807, 2.05) is 0 Å². The molecule has 7 aromatic rings. The van der Waals surface area contributed by atoms with Crippen LogP contribution in [0.2, 0.25) is 0 Å². The van der Waals surface area contributed by atoms with Gasteiger partial charge >= 0.3 is 0 Å². The van der Waals surface area contributed by atoms with E-state index in [2.05, 4.69) is 166 Å². The topological polar surface area (TPSA) is 9.72 Å². The van der Waals surface area contributed by atoms with Gasteiger partial charge in [-0.3, -0.25) is 0 Å². The van der Waals surface area contributed by atoms with Gasteiger partial charge < -0.3 is 14.7 Å². The van der Waals surface area contributed by atoms with Gasteiger partial charge in [0.2, 0.25) is 0 Å². The number of para-hydroxylation sites is 3. The summed E-state index contributed by atoms with van der Waals surface area (Å²) >= 11 is 0. The Morgan fingerprint density at radius 1 is 0.293 bits per heavy atom. The molecule has 0 saturated heterocycles. The summed E-state index contributed by atoms with van der Waals surface area (Å²) < 4.78 is 0. The lowest BCUT2D eigenvalue weighted by Gasteiger charge is -2.47. The average Bonchev–Trinajstić information content (AvgIpc) is 3.04. The molecule has 0 fully saturated rings. The Labute approximate surface area is 238 Å². The molecule has 3 heteroatoms. The van der Waals surface area contributed by atoms with E-state index in [4.69, 9.17) is 0 Å². The number of fused-ring (bicyclic) bond motifs is 7. The van der Waals surface area contributed by atoms with E-state index in [0.717, 1.165) is 22.7 Å². The predicted molar refractivity (Wildman–Crippen MR) is 173 cm³/mol. The maximum Gasteiger partial charge on any atom is 0.0948 e. The number of rotatable bonds is 2. The molecule has 0 amide bonds. The van der Waals surface area contributed by atoms with E-state index >= 15 is 0 Å². The highest BCUT2D eigenvalue weighted by molar-refractivity contribution is 6.19. The minimum atomic E-state index is 1.15. The first-order valence-electron chi connectivity index (χ1n) is 14.0. The predicted octanol–water partition coefficient (Wildman–Crippen LogP) is 11.0. The summed E-state index contributed by atoms with van der Waals surface area (Å²) in [4.78, 5) is 7.37. The first kappa shape index (κ1) is 22.3. The van der Waals surface area contributed by atoms with Crippen molar-refractivity contribution in [2.24, 2.45) is 0 Å². The number of hydrogen-bond donors (Lipinski definition) is 0. The van der Waals surface area contributed by atoms with E-state index in [9.17, 15) is 0 Å². The van der Waals surface area contributed by atoms with Gasteiger partial charge in [-0.1, -0.05) is 97.1 Å². The van der Waals surface area contributed by atoms with Crippen molar-refractivity contribution in [2.75, 3.05) is 14.7 Å². The van der Waals surface area contributed by atoms with Crippen molar-refractivity contribution in [2.45, 2.75) is 0 Å². The molecule has 0 saturated carbocycles. The first-order valence-corrected chi connectivity index (χ1v) is 14.0. The Kier molecular flexibility index (Phi) is 4.61. The van der Waals surface area contributed by atoms with Gasteiger partial charge in [-0.2, -0.15) is 0 Å². The largest absolute Gasteiger partial charge is 0.306 e. The van der Waals surface area contributed by atoms with Crippen LogP contribution >= 0.6 is 0 Å². The van der Waals surface area contributed by atoms with Crippen LogP contribution in [0.1, 0.15) is 0 Å². The summed E-state index contributed by atoms with van der Waals surface area (Å²) in [6, 6.07) is 54.8.